The van der Waals surface area contributed by atoms with Crippen LogP contribution in [-0.4, -0.2) is 20.7 Å². The first-order valence-corrected chi connectivity index (χ1v) is 4.76. The summed E-state index contributed by atoms with van der Waals surface area (Å²) < 4.78 is 0.00926. The van der Waals surface area contributed by atoms with Crippen molar-refractivity contribution in [1.82, 2.24) is 0 Å². The maximum atomic E-state index is 10.5. The van der Waals surface area contributed by atoms with Crippen molar-refractivity contribution >= 4 is 20.7 Å². The minimum absolute atomic E-state index is 0. The van der Waals surface area contributed by atoms with Gasteiger partial charge in [0.15, 0.2) is 0 Å². The van der Waals surface area contributed by atoms with Crippen molar-refractivity contribution < 1.29 is 21.9 Å². The van der Waals surface area contributed by atoms with Gasteiger partial charge in [-0.1, -0.05) is 24.3 Å². The van der Waals surface area contributed by atoms with E-state index in [1.54, 1.807) is 12.2 Å². The summed E-state index contributed by atoms with van der Waals surface area (Å²) in [6, 6.07) is 0. The van der Waals surface area contributed by atoms with Gasteiger partial charge >= 0.3 is 55.7 Å². The molecule has 0 aromatic rings. The van der Waals surface area contributed by atoms with Gasteiger partial charge in [0.25, 0.3) is 0 Å². The minimum atomic E-state index is 0. The van der Waals surface area contributed by atoms with Crippen LogP contribution in [0.15, 0.2) is 48.1 Å². The quantitative estimate of drug-likeness (QED) is 0.672. The van der Waals surface area contributed by atoms with E-state index >= 15 is 0 Å². The van der Waals surface area contributed by atoms with Crippen LogP contribution in [0, 0.1) is 12.8 Å². The van der Waals surface area contributed by atoms with Gasteiger partial charge in [-0.3, -0.25) is 0 Å². The van der Waals surface area contributed by atoms with Gasteiger partial charge < -0.3 is 0 Å². The molecule has 1 nitrogen and oxygen atoms in total. The maximum Gasteiger partial charge on any atom is 0.00506 e. The van der Waals surface area contributed by atoms with Crippen LogP contribution in [0.5, 0.6) is 0 Å². The van der Waals surface area contributed by atoms with E-state index in [2.05, 4.69) is 16.0 Å². The largest absolute Gasteiger partial charge is 0.0767 e. The van der Waals surface area contributed by atoms with Crippen molar-refractivity contribution in [2.75, 3.05) is 0 Å². The first-order chi connectivity index (χ1) is 6.30. The summed E-state index contributed by atoms with van der Waals surface area (Å²) >= 11 is 2.40. The predicted molar refractivity (Wildman–Crippen MR) is 54.9 cm³/mol. The van der Waals surface area contributed by atoms with Crippen LogP contribution in [0.2, 0.25) is 0 Å². The minimum Gasteiger partial charge on any atom is -0.0767 e. The Labute approximate surface area is 103 Å². The molecule has 14 heavy (non-hydrogen) atoms. The molecule has 0 amide bonds. The molecule has 3 radical (unpaired) electrons. The average Bonchev–Trinajstić information content (AvgIpc) is 2.82. The fraction of sp³-hybridized carbons (Fsp3) is 0. The molecule has 0 bridgehead atoms. The number of carbonyl (C=O) groups excluding carboxylic acids is 1. The third-order valence-electron chi connectivity index (χ3n) is 1.45. The van der Waals surface area contributed by atoms with E-state index in [-0.39, 0.29) is 21.8 Å². The molecule has 0 saturated heterocycles. The molecule has 0 fully saturated rings. The van der Waals surface area contributed by atoms with E-state index in [1.165, 1.54) is 0 Å². The normalized spacial score (nSPS) is 15.6. The predicted octanol–water partition coefficient (Wildman–Crippen LogP) is 1.70. The number of hydrogen-bond donors (Lipinski definition) is 0. The van der Waals surface area contributed by atoms with Crippen LogP contribution in [0.4, 0.5) is 0 Å². The van der Waals surface area contributed by atoms with Gasteiger partial charge in [-0.25, -0.2) is 0 Å². The Morgan fingerprint density at radius 1 is 1.00 bits per heavy atom. The van der Waals surface area contributed by atoms with Crippen molar-refractivity contribution in [2.24, 2.45) is 0 Å². The summed E-state index contributed by atoms with van der Waals surface area (Å²) in [5, 5.41) is 0. The van der Waals surface area contributed by atoms with E-state index in [1.807, 2.05) is 43.2 Å². The van der Waals surface area contributed by atoms with Gasteiger partial charge in [0.2, 0.25) is 0 Å². The smallest absolute Gasteiger partial charge is 0.00506 e. The Hall–Kier alpha value is -0.331. The van der Waals surface area contributed by atoms with Gasteiger partial charge in [-0.2, -0.15) is 0 Å². The molecule has 2 rings (SSSR count). The van der Waals surface area contributed by atoms with Crippen LogP contribution in [0.3, 0.4) is 0 Å². The maximum absolute atomic E-state index is 10.5. The SMILES string of the molecule is O=C([Se])C1=C[CH]C=C1.[CH]1C=CC=C1.[Fe]. The molecule has 0 spiro atoms. The number of allylic oxidation sites excluding steroid dienone is 8. The average molecular weight is 292 g/mol. The molecule has 0 saturated carbocycles. The summed E-state index contributed by atoms with van der Waals surface area (Å²) in [6.45, 7) is 0. The molecule has 0 aliphatic heterocycles. The second-order valence-electron chi connectivity index (χ2n) is 2.42. The third kappa shape index (κ3) is 5.41. The second kappa shape index (κ2) is 8.02. The van der Waals surface area contributed by atoms with Crippen molar-refractivity contribution in [3.05, 3.63) is 60.9 Å². The van der Waals surface area contributed by atoms with Crippen molar-refractivity contribution in [1.29, 1.82) is 0 Å². The Kier molecular flexibility index (Phi) is 7.83. The van der Waals surface area contributed by atoms with E-state index in [0.29, 0.717) is 0 Å². The van der Waals surface area contributed by atoms with Crippen molar-refractivity contribution in [3.63, 3.8) is 0 Å². The summed E-state index contributed by atoms with van der Waals surface area (Å²) in [7, 11) is 0. The van der Waals surface area contributed by atoms with Gasteiger partial charge in [-0.05, 0) is 0 Å². The van der Waals surface area contributed by atoms with E-state index in [4.69, 9.17) is 0 Å². The standard InChI is InChI=1S/C6H4OSe.C5H5.Fe/c7-6(8)5-3-1-2-4-5;1-2-4-5-3-1;/h1-4H;1-5H;. The van der Waals surface area contributed by atoms with Crippen LogP contribution in [0.1, 0.15) is 0 Å². The van der Waals surface area contributed by atoms with E-state index in [9.17, 15) is 4.79 Å². The number of hydrogen-bond acceptors (Lipinski definition) is 1. The van der Waals surface area contributed by atoms with Gasteiger partial charge in [0.05, 0.1) is 0 Å². The summed E-state index contributed by atoms with van der Waals surface area (Å²) in [5.41, 5.74) is 0.741. The molecule has 0 aromatic carbocycles. The molecular formula is C11H9FeOSe. The van der Waals surface area contributed by atoms with Crippen LogP contribution < -0.4 is 0 Å². The first-order valence-electron chi connectivity index (χ1n) is 3.90. The Morgan fingerprint density at radius 3 is 1.86 bits per heavy atom. The number of rotatable bonds is 1. The molecule has 3 heteroatoms. The molecule has 0 atom stereocenters. The second-order valence-corrected chi connectivity index (χ2v) is 3.20. The molecule has 0 unspecified atom stereocenters. The van der Waals surface area contributed by atoms with E-state index in [0.717, 1.165) is 5.57 Å². The zero-order chi connectivity index (χ0) is 9.52. The fourth-order valence-corrected chi connectivity index (χ4v) is 1.12. The summed E-state index contributed by atoms with van der Waals surface area (Å²) in [5.74, 6) is 0. The zero-order valence-electron chi connectivity index (χ0n) is 7.37. The van der Waals surface area contributed by atoms with Crippen molar-refractivity contribution in [2.45, 2.75) is 0 Å². The topological polar surface area (TPSA) is 17.1 Å². The van der Waals surface area contributed by atoms with Gasteiger partial charge in [0, 0.05) is 23.5 Å². The van der Waals surface area contributed by atoms with Crippen LogP contribution in [-0.2, 0) is 21.9 Å². The zero-order valence-corrected chi connectivity index (χ0v) is 10.2. The molecule has 0 aromatic heterocycles. The molecule has 2 aliphatic carbocycles. The third-order valence-corrected chi connectivity index (χ3v) is 1.95. The summed E-state index contributed by atoms with van der Waals surface area (Å²) in [4.78, 5) is 10.5. The Bertz CT molecular complexity index is 290. The monoisotopic (exact) mass is 293 g/mol. The molecule has 73 valence electrons. The fourth-order valence-electron chi connectivity index (χ4n) is 0.831. The van der Waals surface area contributed by atoms with Crippen LogP contribution in [0.25, 0.3) is 0 Å². The van der Waals surface area contributed by atoms with Crippen molar-refractivity contribution in [3.8, 4) is 0 Å². The van der Waals surface area contributed by atoms with E-state index < -0.39 is 0 Å². The molecule has 2 aliphatic rings. The van der Waals surface area contributed by atoms with Gasteiger partial charge in [0.1, 0.15) is 0 Å². The molecule has 0 heterocycles. The Morgan fingerprint density at radius 2 is 1.64 bits per heavy atom. The summed E-state index contributed by atoms with van der Waals surface area (Å²) in [6.07, 6.45) is 17.2. The Balaban J connectivity index is 0.000000246. The molecular weight excluding hydrogens is 283 g/mol. The number of carbonyl (C=O) groups is 1. The van der Waals surface area contributed by atoms with Crippen LogP contribution >= 0.6 is 0 Å². The molecule has 0 N–H and O–H groups in total. The van der Waals surface area contributed by atoms with Gasteiger partial charge in [-0.15, -0.1) is 0 Å². The first kappa shape index (κ1) is 13.7.